The summed E-state index contributed by atoms with van der Waals surface area (Å²) in [6.07, 6.45) is 0.789. The van der Waals surface area contributed by atoms with Crippen LogP contribution in [0.15, 0.2) is 34.3 Å². The molecule has 18 heavy (non-hydrogen) atoms. The normalized spacial score (nSPS) is 23.6. The van der Waals surface area contributed by atoms with Crippen LogP contribution in [0.2, 0.25) is 0 Å². The Balaban J connectivity index is 2.48. The SMILES string of the molecule is CC[C@@]1(C)N=C(N)N=C(N)N1c1ccc(C)cc1. The van der Waals surface area contributed by atoms with Gasteiger partial charge < -0.3 is 11.5 Å². The number of nitrogens with zero attached hydrogens (tertiary/aromatic N) is 3. The van der Waals surface area contributed by atoms with Crippen molar-refractivity contribution in [2.45, 2.75) is 32.9 Å². The van der Waals surface area contributed by atoms with Crippen molar-refractivity contribution in [1.82, 2.24) is 0 Å². The number of hydrogen-bond acceptors (Lipinski definition) is 5. The van der Waals surface area contributed by atoms with E-state index in [9.17, 15) is 0 Å². The van der Waals surface area contributed by atoms with Gasteiger partial charge in [0.2, 0.25) is 11.9 Å². The maximum absolute atomic E-state index is 6.01. The van der Waals surface area contributed by atoms with Crippen LogP contribution >= 0.6 is 0 Å². The van der Waals surface area contributed by atoms with Crippen LogP contribution in [0, 0.1) is 6.92 Å². The van der Waals surface area contributed by atoms with Crippen molar-refractivity contribution in [3.8, 4) is 0 Å². The second kappa shape index (κ2) is 4.33. The maximum atomic E-state index is 6.01. The second-order valence-electron chi connectivity index (χ2n) is 4.68. The molecule has 0 saturated heterocycles. The molecule has 0 amide bonds. The summed E-state index contributed by atoms with van der Waals surface area (Å²) in [7, 11) is 0. The van der Waals surface area contributed by atoms with Gasteiger partial charge in [0.1, 0.15) is 5.66 Å². The van der Waals surface area contributed by atoms with Gasteiger partial charge >= 0.3 is 0 Å². The quantitative estimate of drug-likeness (QED) is 0.830. The van der Waals surface area contributed by atoms with E-state index in [4.69, 9.17) is 11.5 Å². The molecule has 0 fully saturated rings. The fourth-order valence-electron chi connectivity index (χ4n) is 2.08. The van der Waals surface area contributed by atoms with Crippen LogP contribution in [0.1, 0.15) is 25.8 Å². The molecule has 0 spiro atoms. The van der Waals surface area contributed by atoms with Crippen molar-refractivity contribution < 1.29 is 0 Å². The first-order chi connectivity index (χ1) is 8.46. The van der Waals surface area contributed by atoms with Crippen molar-refractivity contribution in [2.75, 3.05) is 4.90 Å². The third kappa shape index (κ3) is 2.03. The molecule has 0 saturated carbocycles. The summed E-state index contributed by atoms with van der Waals surface area (Å²) < 4.78 is 0. The van der Waals surface area contributed by atoms with Crippen molar-refractivity contribution in [3.63, 3.8) is 0 Å². The lowest BCUT2D eigenvalue weighted by Gasteiger charge is -2.40. The summed E-state index contributed by atoms with van der Waals surface area (Å²) in [6, 6.07) is 8.12. The highest BCUT2D eigenvalue weighted by molar-refractivity contribution is 6.05. The van der Waals surface area contributed by atoms with E-state index in [1.165, 1.54) is 5.56 Å². The Kier molecular flexibility index (Phi) is 2.98. The van der Waals surface area contributed by atoms with E-state index in [1.807, 2.05) is 43.0 Å². The van der Waals surface area contributed by atoms with Gasteiger partial charge in [-0.1, -0.05) is 24.6 Å². The molecule has 5 heteroatoms. The van der Waals surface area contributed by atoms with E-state index in [0.29, 0.717) is 5.96 Å². The Hall–Kier alpha value is -2.04. The fraction of sp³-hybridized carbons (Fsp3) is 0.385. The summed E-state index contributed by atoms with van der Waals surface area (Å²) in [6.45, 7) is 6.10. The van der Waals surface area contributed by atoms with Gasteiger partial charge in [0, 0.05) is 5.69 Å². The first kappa shape index (κ1) is 12.4. The smallest absolute Gasteiger partial charge is 0.220 e. The molecule has 0 unspecified atom stereocenters. The van der Waals surface area contributed by atoms with Gasteiger partial charge in [0.15, 0.2) is 0 Å². The molecule has 0 radical (unpaired) electrons. The molecule has 0 bridgehead atoms. The van der Waals surface area contributed by atoms with Gasteiger partial charge in [-0.2, -0.15) is 4.99 Å². The molecule has 1 aliphatic rings. The van der Waals surface area contributed by atoms with Crippen LogP contribution in [0.3, 0.4) is 0 Å². The fourth-order valence-corrected chi connectivity index (χ4v) is 2.08. The highest BCUT2D eigenvalue weighted by Crippen LogP contribution is 2.30. The van der Waals surface area contributed by atoms with E-state index < -0.39 is 5.66 Å². The molecule has 1 aromatic rings. The summed E-state index contributed by atoms with van der Waals surface area (Å²) in [5, 5.41) is 0. The molecule has 0 aromatic heterocycles. The number of benzene rings is 1. The zero-order valence-electron chi connectivity index (χ0n) is 11.0. The molecule has 1 aromatic carbocycles. The third-order valence-corrected chi connectivity index (χ3v) is 3.26. The lowest BCUT2D eigenvalue weighted by Crippen LogP contribution is -2.55. The highest BCUT2D eigenvalue weighted by atomic mass is 15.4. The van der Waals surface area contributed by atoms with Crippen molar-refractivity contribution in [2.24, 2.45) is 21.5 Å². The number of aliphatic imine (C=N–C) groups is 2. The Morgan fingerprint density at radius 2 is 1.83 bits per heavy atom. The van der Waals surface area contributed by atoms with Crippen LogP contribution in [-0.2, 0) is 0 Å². The van der Waals surface area contributed by atoms with Crippen LogP contribution < -0.4 is 16.4 Å². The molecule has 4 N–H and O–H groups in total. The second-order valence-corrected chi connectivity index (χ2v) is 4.68. The number of anilines is 1. The molecular weight excluding hydrogens is 226 g/mol. The zero-order valence-corrected chi connectivity index (χ0v) is 11.0. The average Bonchev–Trinajstić information content (AvgIpc) is 2.30. The molecule has 1 aliphatic heterocycles. The van der Waals surface area contributed by atoms with Gasteiger partial charge in [-0.3, -0.25) is 4.90 Å². The maximum Gasteiger partial charge on any atom is 0.220 e. The van der Waals surface area contributed by atoms with Gasteiger partial charge in [0.25, 0.3) is 0 Å². The van der Waals surface area contributed by atoms with E-state index in [2.05, 4.69) is 16.9 Å². The number of aryl methyl sites for hydroxylation is 1. The molecule has 2 rings (SSSR count). The van der Waals surface area contributed by atoms with Crippen molar-refractivity contribution in [3.05, 3.63) is 29.8 Å². The Bertz CT molecular complexity index is 503. The minimum atomic E-state index is -0.481. The van der Waals surface area contributed by atoms with Crippen LogP contribution in [0.4, 0.5) is 5.69 Å². The van der Waals surface area contributed by atoms with E-state index >= 15 is 0 Å². The standard InChI is InChI=1S/C13H19N5/c1-4-13(3)17-11(14)16-12(15)18(13)10-7-5-9(2)6-8-10/h5-8H,4H2,1-3H3,(H4,14,15,16,17)/t13-/m0/s1. The summed E-state index contributed by atoms with van der Waals surface area (Å²) >= 11 is 0. The predicted molar refractivity (Wildman–Crippen MR) is 75.6 cm³/mol. The Morgan fingerprint density at radius 1 is 1.22 bits per heavy atom. The largest absolute Gasteiger partial charge is 0.369 e. The highest BCUT2D eigenvalue weighted by Gasteiger charge is 2.35. The topological polar surface area (TPSA) is 80.0 Å². The first-order valence-corrected chi connectivity index (χ1v) is 6.02. The Morgan fingerprint density at radius 3 is 2.39 bits per heavy atom. The third-order valence-electron chi connectivity index (χ3n) is 3.26. The lowest BCUT2D eigenvalue weighted by atomic mass is 10.1. The summed E-state index contributed by atoms with van der Waals surface area (Å²) in [4.78, 5) is 10.4. The van der Waals surface area contributed by atoms with Crippen molar-refractivity contribution in [1.29, 1.82) is 0 Å². The summed E-state index contributed by atoms with van der Waals surface area (Å²) in [5.41, 5.74) is 13.4. The number of hydrogen-bond donors (Lipinski definition) is 2. The minimum absolute atomic E-state index is 0.236. The monoisotopic (exact) mass is 245 g/mol. The lowest BCUT2D eigenvalue weighted by molar-refractivity contribution is 0.466. The van der Waals surface area contributed by atoms with E-state index in [-0.39, 0.29) is 5.96 Å². The minimum Gasteiger partial charge on any atom is -0.369 e. The molecule has 96 valence electrons. The average molecular weight is 245 g/mol. The number of rotatable bonds is 2. The molecule has 5 nitrogen and oxygen atoms in total. The zero-order chi connectivity index (χ0) is 13.3. The first-order valence-electron chi connectivity index (χ1n) is 6.02. The molecule has 1 atom stereocenters. The van der Waals surface area contributed by atoms with Gasteiger partial charge in [-0.15, -0.1) is 0 Å². The van der Waals surface area contributed by atoms with Crippen LogP contribution in [0.25, 0.3) is 0 Å². The van der Waals surface area contributed by atoms with Gasteiger partial charge in [-0.25, -0.2) is 4.99 Å². The van der Waals surface area contributed by atoms with Crippen LogP contribution in [0.5, 0.6) is 0 Å². The Labute approximate surface area is 107 Å². The van der Waals surface area contributed by atoms with Gasteiger partial charge in [0.05, 0.1) is 0 Å². The van der Waals surface area contributed by atoms with E-state index in [1.54, 1.807) is 0 Å². The number of guanidine groups is 2. The van der Waals surface area contributed by atoms with Crippen molar-refractivity contribution >= 4 is 17.6 Å². The molecule has 0 aliphatic carbocycles. The predicted octanol–water partition coefficient (Wildman–Crippen LogP) is 1.57. The van der Waals surface area contributed by atoms with Crippen LogP contribution in [-0.4, -0.2) is 17.6 Å². The molecule has 1 heterocycles. The molecular formula is C13H19N5. The summed E-state index contributed by atoms with van der Waals surface area (Å²) in [5.74, 6) is 0.621. The van der Waals surface area contributed by atoms with Gasteiger partial charge in [-0.05, 0) is 32.4 Å². The van der Waals surface area contributed by atoms with E-state index in [0.717, 1.165) is 12.1 Å². The number of nitrogens with two attached hydrogens (primary N) is 2.